The molecule has 1 unspecified atom stereocenters. The fourth-order valence-corrected chi connectivity index (χ4v) is 3.62. The van der Waals surface area contributed by atoms with Gasteiger partial charge in [0.15, 0.2) is 0 Å². The van der Waals surface area contributed by atoms with Gasteiger partial charge in [0, 0.05) is 19.1 Å². The van der Waals surface area contributed by atoms with Crippen LogP contribution in [0.2, 0.25) is 0 Å². The van der Waals surface area contributed by atoms with Gasteiger partial charge >= 0.3 is 0 Å². The van der Waals surface area contributed by atoms with E-state index in [1.807, 2.05) is 0 Å². The molecule has 1 aliphatic heterocycles. The molecule has 2 rings (SSSR count). The standard InChI is InChI=1S/C15H31N3O/c1-17-9-5-13(11-17)6-10-18(2)14-3-7-15(19,12-16)8-4-14/h13-14,19H,3-12,16H2,1-2H3. The third-order valence-electron chi connectivity index (χ3n) is 5.27. The lowest BCUT2D eigenvalue weighted by Gasteiger charge is -2.39. The van der Waals surface area contributed by atoms with E-state index >= 15 is 0 Å². The van der Waals surface area contributed by atoms with E-state index in [2.05, 4.69) is 23.9 Å². The monoisotopic (exact) mass is 269 g/mol. The largest absolute Gasteiger partial charge is 0.389 e. The molecule has 112 valence electrons. The SMILES string of the molecule is CN1CCC(CCN(C)C2CCC(O)(CN)CC2)C1. The fourth-order valence-electron chi connectivity index (χ4n) is 3.62. The van der Waals surface area contributed by atoms with Crippen LogP contribution in [0, 0.1) is 5.92 Å². The van der Waals surface area contributed by atoms with Crippen molar-refractivity contribution in [2.24, 2.45) is 11.7 Å². The lowest BCUT2D eigenvalue weighted by Crippen LogP contribution is -2.46. The van der Waals surface area contributed by atoms with Gasteiger partial charge in [-0.15, -0.1) is 0 Å². The van der Waals surface area contributed by atoms with E-state index in [-0.39, 0.29) is 0 Å². The Kier molecular flexibility index (Phi) is 5.23. The van der Waals surface area contributed by atoms with Gasteiger partial charge in [-0.25, -0.2) is 0 Å². The van der Waals surface area contributed by atoms with Crippen molar-refractivity contribution in [1.82, 2.24) is 9.80 Å². The highest BCUT2D eigenvalue weighted by Gasteiger charge is 2.33. The second-order valence-corrected chi connectivity index (χ2v) is 6.85. The smallest absolute Gasteiger partial charge is 0.0770 e. The molecule has 0 aromatic carbocycles. The Bertz CT molecular complexity index is 277. The fraction of sp³-hybridized carbons (Fsp3) is 1.00. The second kappa shape index (κ2) is 6.53. The molecule has 2 fully saturated rings. The summed E-state index contributed by atoms with van der Waals surface area (Å²) in [4.78, 5) is 4.95. The minimum absolute atomic E-state index is 0.415. The van der Waals surface area contributed by atoms with E-state index in [1.54, 1.807) is 0 Å². The quantitative estimate of drug-likeness (QED) is 0.778. The molecule has 1 saturated carbocycles. The number of hydrogen-bond acceptors (Lipinski definition) is 4. The number of nitrogens with zero attached hydrogens (tertiary/aromatic N) is 2. The minimum Gasteiger partial charge on any atom is -0.389 e. The summed E-state index contributed by atoms with van der Waals surface area (Å²) >= 11 is 0. The van der Waals surface area contributed by atoms with Crippen molar-refractivity contribution in [3.05, 3.63) is 0 Å². The van der Waals surface area contributed by atoms with E-state index in [0.717, 1.165) is 31.6 Å². The normalized spacial score (nSPS) is 37.1. The molecule has 4 heteroatoms. The number of hydrogen-bond donors (Lipinski definition) is 2. The van der Waals surface area contributed by atoms with Crippen LogP contribution in [0.25, 0.3) is 0 Å². The third kappa shape index (κ3) is 4.15. The van der Waals surface area contributed by atoms with E-state index in [9.17, 15) is 5.11 Å². The molecule has 1 atom stereocenters. The Morgan fingerprint density at radius 3 is 2.53 bits per heavy atom. The molecule has 1 saturated heterocycles. The first-order valence-electron chi connectivity index (χ1n) is 7.84. The van der Waals surface area contributed by atoms with Gasteiger partial charge in [-0.2, -0.15) is 0 Å². The predicted octanol–water partition coefficient (Wildman–Crippen LogP) is 0.892. The molecule has 3 N–H and O–H groups in total. The molecule has 19 heavy (non-hydrogen) atoms. The summed E-state index contributed by atoms with van der Waals surface area (Å²) < 4.78 is 0. The van der Waals surface area contributed by atoms with Crippen LogP contribution in [-0.4, -0.2) is 66.8 Å². The Balaban J connectivity index is 1.68. The topological polar surface area (TPSA) is 52.7 Å². The molecular formula is C15H31N3O. The van der Waals surface area contributed by atoms with E-state index in [4.69, 9.17) is 5.73 Å². The molecular weight excluding hydrogens is 238 g/mol. The highest BCUT2D eigenvalue weighted by atomic mass is 16.3. The van der Waals surface area contributed by atoms with Crippen molar-refractivity contribution in [3.8, 4) is 0 Å². The molecule has 0 aromatic heterocycles. The molecule has 4 nitrogen and oxygen atoms in total. The van der Waals surface area contributed by atoms with Crippen LogP contribution in [0.3, 0.4) is 0 Å². The average molecular weight is 269 g/mol. The number of rotatable bonds is 5. The van der Waals surface area contributed by atoms with Gasteiger partial charge in [-0.3, -0.25) is 0 Å². The Hall–Kier alpha value is -0.160. The summed E-state index contributed by atoms with van der Waals surface area (Å²) in [5.74, 6) is 0.886. The van der Waals surface area contributed by atoms with Gasteiger partial charge in [0.25, 0.3) is 0 Å². The first kappa shape index (κ1) is 15.2. The van der Waals surface area contributed by atoms with Crippen molar-refractivity contribution < 1.29 is 5.11 Å². The maximum atomic E-state index is 10.2. The second-order valence-electron chi connectivity index (χ2n) is 6.85. The van der Waals surface area contributed by atoms with Crippen molar-refractivity contribution in [1.29, 1.82) is 0 Å². The van der Waals surface area contributed by atoms with Crippen molar-refractivity contribution in [2.45, 2.75) is 50.2 Å². The Morgan fingerprint density at radius 2 is 2.00 bits per heavy atom. The lowest BCUT2D eigenvalue weighted by molar-refractivity contribution is -0.00987. The van der Waals surface area contributed by atoms with Crippen LogP contribution in [0.1, 0.15) is 38.5 Å². The van der Waals surface area contributed by atoms with Crippen LogP contribution in [0.5, 0.6) is 0 Å². The Labute approximate surface area is 117 Å². The molecule has 1 heterocycles. The molecule has 0 spiro atoms. The zero-order chi connectivity index (χ0) is 13.9. The first-order chi connectivity index (χ1) is 9.02. The summed E-state index contributed by atoms with van der Waals surface area (Å²) in [7, 11) is 4.47. The zero-order valence-electron chi connectivity index (χ0n) is 12.6. The van der Waals surface area contributed by atoms with Crippen LogP contribution in [0.15, 0.2) is 0 Å². The Morgan fingerprint density at radius 1 is 1.32 bits per heavy atom. The summed E-state index contributed by atoms with van der Waals surface area (Å²) in [5.41, 5.74) is 5.07. The van der Waals surface area contributed by atoms with Crippen LogP contribution in [-0.2, 0) is 0 Å². The average Bonchev–Trinajstić information content (AvgIpc) is 2.83. The van der Waals surface area contributed by atoms with E-state index in [1.165, 1.54) is 32.5 Å². The van der Waals surface area contributed by atoms with Gasteiger partial charge in [0.2, 0.25) is 0 Å². The first-order valence-corrected chi connectivity index (χ1v) is 7.84. The van der Waals surface area contributed by atoms with Gasteiger partial charge in [-0.1, -0.05) is 0 Å². The summed E-state index contributed by atoms with van der Waals surface area (Å²) in [6.45, 7) is 4.15. The maximum absolute atomic E-state index is 10.2. The summed E-state index contributed by atoms with van der Waals surface area (Å²) in [6.07, 6.45) is 6.60. The van der Waals surface area contributed by atoms with Gasteiger partial charge in [0.1, 0.15) is 0 Å². The van der Waals surface area contributed by atoms with Crippen molar-refractivity contribution in [2.75, 3.05) is 40.3 Å². The highest BCUT2D eigenvalue weighted by Crippen LogP contribution is 2.30. The van der Waals surface area contributed by atoms with Gasteiger partial charge in [-0.05, 0) is 71.6 Å². The summed E-state index contributed by atoms with van der Waals surface area (Å²) in [5, 5.41) is 10.2. The number of likely N-dealkylation sites (tertiary alicyclic amines) is 1. The molecule has 0 aromatic rings. The van der Waals surface area contributed by atoms with Crippen LogP contribution < -0.4 is 5.73 Å². The molecule has 0 bridgehead atoms. The number of nitrogens with two attached hydrogens (primary N) is 1. The van der Waals surface area contributed by atoms with Crippen LogP contribution in [0.4, 0.5) is 0 Å². The highest BCUT2D eigenvalue weighted by molar-refractivity contribution is 4.89. The zero-order valence-corrected chi connectivity index (χ0v) is 12.6. The minimum atomic E-state index is -0.578. The molecule has 2 aliphatic rings. The lowest BCUT2D eigenvalue weighted by atomic mass is 9.81. The predicted molar refractivity (Wildman–Crippen MR) is 79.1 cm³/mol. The van der Waals surface area contributed by atoms with Gasteiger partial charge in [0.05, 0.1) is 5.60 Å². The van der Waals surface area contributed by atoms with Crippen molar-refractivity contribution in [3.63, 3.8) is 0 Å². The molecule has 0 radical (unpaired) electrons. The number of aliphatic hydroxyl groups is 1. The van der Waals surface area contributed by atoms with E-state index in [0.29, 0.717) is 12.6 Å². The van der Waals surface area contributed by atoms with E-state index < -0.39 is 5.60 Å². The third-order valence-corrected chi connectivity index (χ3v) is 5.27. The van der Waals surface area contributed by atoms with Crippen LogP contribution >= 0.6 is 0 Å². The summed E-state index contributed by atoms with van der Waals surface area (Å²) in [6, 6.07) is 0.644. The molecule has 0 amide bonds. The van der Waals surface area contributed by atoms with Gasteiger partial charge < -0.3 is 20.6 Å². The molecule has 1 aliphatic carbocycles. The van der Waals surface area contributed by atoms with Crippen molar-refractivity contribution >= 4 is 0 Å². The maximum Gasteiger partial charge on any atom is 0.0770 e.